The molecule has 0 spiro atoms. The van der Waals surface area contributed by atoms with Crippen LogP contribution in [0.3, 0.4) is 0 Å². The van der Waals surface area contributed by atoms with Crippen LogP contribution in [0.4, 0.5) is 5.69 Å². The number of carbonyl (C=O) groups excluding carboxylic acids is 2. The lowest BCUT2D eigenvalue weighted by atomic mass is 10.1. The molecule has 0 heterocycles. The maximum atomic E-state index is 13.6. The number of aryl methyl sites for hydroxylation is 2. The highest BCUT2D eigenvalue weighted by atomic mass is 35.5. The van der Waals surface area contributed by atoms with E-state index < -0.39 is 16.1 Å². The van der Waals surface area contributed by atoms with Crippen LogP contribution in [0.15, 0.2) is 36.4 Å². The number of rotatable bonds is 14. The molecule has 210 valence electrons. The van der Waals surface area contributed by atoms with Crippen LogP contribution in [0.1, 0.15) is 62.6 Å². The monoisotopic (exact) mass is 583 g/mol. The highest BCUT2D eigenvalue weighted by molar-refractivity contribution is 7.92. The lowest BCUT2D eigenvalue weighted by Gasteiger charge is -2.31. The molecule has 1 N–H and O–H groups in total. The standard InChI is InChI=1S/C28H39Cl2N3O4S/c1-6-8-14-31-28(35)26(7-2)32(19-23-24(29)11-9-12-25(23)30)27(34)13-10-15-33(38(5,36)37)22-17-20(3)16-21(4)18-22/h9,11-12,16-18,26H,6-8,10,13-15,19H2,1-5H3,(H,31,35)/t26-/m0/s1. The summed E-state index contributed by atoms with van der Waals surface area (Å²) in [5.74, 6) is -0.502. The second-order valence-corrected chi connectivity index (χ2v) is 12.3. The molecule has 38 heavy (non-hydrogen) atoms. The quantitative estimate of drug-likeness (QED) is 0.281. The van der Waals surface area contributed by atoms with Gasteiger partial charge >= 0.3 is 0 Å². The second-order valence-electron chi connectivity index (χ2n) is 9.58. The van der Waals surface area contributed by atoms with Crippen LogP contribution >= 0.6 is 23.2 Å². The number of nitrogens with zero attached hydrogens (tertiary/aromatic N) is 2. The number of sulfonamides is 1. The minimum absolute atomic E-state index is 0.0532. The molecule has 0 aliphatic rings. The molecule has 0 saturated heterocycles. The van der Waals surface area contributed by atoms with Crippen molar-refractivity contribution in [2.24, 2.45) is 0 Å². The number of nitrogens with one attached hydrogen (secondary N) is 1. The molecular weight excluding hydrogens is 545 g/mol. The van der Waals surface area contributed by atoms with E-state index in [4.69, 9.17) is 23.2 Å². The molecule has 0 bridgehead atoms. The molecule has 0 aliphatic heterocycles. The SMILES string of the molecule is CCCCNC(=O)[C@H](CC)N(Cc1c(Cl)cccc1Cl)C(=O)CCCN(c1cc(C)cc(C)c1)S(C)(=O)=O. The topological polar surface area (TPSA) is 86.8 Å². The summed E-state index contributed by atoms with van der Waals surface area (Å²) >= 11 is 12.8. The van der Waals surface area contributed by atoms with Gasteiger partial charge in [0.1, 0.15) is 6.04 Å². The van der Waals surface area contributed by atoms with Gasteiger partial charge < -0.3 is 10.2 Å². The minimum atomic E-state index is -3.57. The van der Waals surface area contributed by atoms with E-state index >= 15 is 0 Å². The molecular formula is C28H39Cl2N3O4S. The number of halogens is 2. The van der Waals surface area contributed by atoms with Gasteiger partial charge in [-0.25, -0.2) is 8.42 Å². The first-order chi connectivity index (χ1) is 17.9. The van der Waals surface area contributed by atoms with Gasteiger partial charge in [-0.05, 0) is 68.5 Å². The van der Waals surface area contributed by atoms with E-state index in [9.17, 15) is 18.0 Å². The Morgan fingerprint density at radius 1 is 1.00 bits per heavy atom. The van der Waals surface area contributed by atoms with Crippen molar-refractivity contribution in [1.29, 1.82) is 0 Å². The smallest absolute Gasteiger partial charge is 0.242 e. The third kappa shape index (κ3) is 9.17. The third-order valence-corrected chi connectivity index (χ3v) is 8.15. The fourth-order valence-corrected chi connectivity index (χ4v) is 5.84. The predicted molar refractivity (Wildman–Crippen MR) is 156 cm³/mol. The van der Waals surface area contributed by atoms with Crippen LogP contribution in [-0.2, 0) is 26.2 Å². The lowest BCUT2D eigenvalue weighted by molar-refractivity contribution is -0.141. The van der Waals surface area contributed by atoms with Crippen molar-refractivity contribution < 1.29 is 18.0 Å². The Labute approximate surface area is 237 Å². The van der Waals surface area contributed by atoms with Crippen LogP contribution in [0.5, 0.6) is 0 Å². The van der Waals surface area contributed by atoms with Gasteiger partial charge in [-0.2, -0.15) is 0 Å². The molecule has 0 aromatic heterocycles. The highest BCUT2D eigenvalue weighted by Crippen LogP contribution is 2.28. The predicted octanol–water partition coefficient (Wildman–Crippen LogP) is 5.88. The summed E-state index contributed by atoms with van der Waals surface area (Å²) in [4.78, 5) is 28.1. The number of carbonyl (C=O) groups is 2. The normalized spacial score (nSPS) is 12.2. The van der Waals surface area contributed by atoms with E-state index in [1.165, 1.54) is 9.21 Å². The van der Waals surface area contributed by atoms with Crippen LogP contribution in [0, 0.1) is 13.8 Å². The van der Waals surface area contributed by atoms with Crippen molar-refractivity contribution in [3.05, 3.63) is 63.1 Å². The molecule has 1 atom stereocenters. The molecule has 2 aromatic carbocycles. The molecule has 2 rings (SSSR count). The summed E-state index contributed by atoms with van der Waals surface area (Å²) < 4.78 is 26.5. The van der Waals surface area contributed by atoms with Crippen molar-refractivity contribution in [2.75, 3.05) is 23.7 Å². The largest absolute Gasteiger partial charge is 0.354 e. The highest BCUT2D eigenvalue weighted by Gasteiger charge is 2.30. The van der Waals surface area contributed by atoms with E-state index in [0.29, 0.717) is 34.3 Å². The first-order valence-corrected chi connectivity index (χ1v) is 15.6. The van der Waals surface area contributed by atoms with E-state index in [1.807, 2.05) is 45.9 Å². The first kappa shape index (κ1) is 31.9. The van der Waals surface area contributed by atoms with Crippen LogP contribution in [0.2, 0.25) is 10.0 Å². The fraction of sp³-hybridized carbons (Fsp3) is 0.500. The van der Waals surface area contributed by atoms with Gasteiger partial charge in [-0.1, -0.05) is 55.6 Å². The average molecular weight is 585 g/mol. The van der Waals surface area contributed by atoms with Crippen molar-refractivity contribution in [2.45, 2.75) is 72.4 Å². The number of hydrogen-bond donors (Lipinski definition) is 1. The summed E-state index contributed by atoms with van der Waals surface area (Å²) in [6.45, 7) is 8.45. The molecule has 2 aromatic rings. The van der Waals surface area contributed by atoms with Gasteiger partial charge in [-0.3, -0.25) is 13.9 Å². The molecule has 2 amide bonds. The zero-order valence-electron chi connectivity index (χ0n) is 22.9. The maximum absolute atomic E-state index is 13.6. The zero-order valence-corrected chi connectivity index (χ0v) is 25.2. The second kappa shape index (κ2) is 14.8. The third-order valence-electron chi connectivity index (χ3n) is 6.25. The first-order valence-electron chi connectivity index (χ1n) is 12.9. The van der Waals surface area contributed by atoms with Gasteiger partial charge in [0.05, 0.1) is 11.9 Å². The number of anilines is 1. The van der Waals surface area contributed by atoms with Gasteiger partial charge in [0.2, 0.25) is 21.8 Å². The van der Waals surface area contributed by atoms with Crippen LogP contribution in [0.25, 0.3) is 0 Å². The van der Waals surface area contributed by atoms with Crippen molar-refractivity contribution in [3.63, 3.8) is 0 Å². The summed E-state index contributed by atoms with van der Waals surface area (Å²) in [5, 5.41) is 3.75. The molecule has 0 radical (unpaired) electrons. The minimum Gasteiger partial charge on any atom is -0.354 e. The molecule has 0 fully saturated rings. The number of benzene rings is 2. The van der Waals surface area contributed by atoms with Crippen molar-refractivity contribution >= 4 is 50.7 Å². The van der Waals surface area contributed by atoms with E-state index in [0.717, 1.165) is 30.2 Å². The Bertz CT molecular complexity index is 1180. The zero-order chi connectivity index (χ0) is 28.5. The Hall–Kier alpha value is -2.29. The molecule has 0 aliphatic carbocycles. The molecule has 7 nitrogen and oxygen atoms in total. The van der Waals surface area contributed by atoms with Gasteiger partial charge in [0.15, 0.2) is 0 Å². The molecule has 0 unspecified atom stereocenters. The summed E-state index contributed by atoms with van der Waals surface area (Å²) in [5.41, 5.74) is 3.04. The van der Waals surface area contributed by atoms with E-state index in [2.05, 4.69) is 5.32 Å². The van der Waals surface area contributed by atoms with Crippen LogP contribution in [-0.4, -0.2) is 50.5 Å². The Kier molecular flexibility index (Phi) is 12.4. The fourth-order valence-electron chi connectivity index (χ4n) is 4.38. The number of amides is 2. The maximum Gasteiger partial charge on any atom is 0.242 e. The van der Waals surface area contributed by atoms with Gasteiger partial charge in [0, 0.05) is 41.7 Å². The summed E-state index contributed by atoms with van der Waals surface area (Å²) in [7, 11) is -3.57. The lowest BCUT2D eigenvalue weighted by Crippen LogP contribution is -2.49. The Morgan fingerprint density at radius 2 is 1.61 bits per heavy atom. The summed E-state index contributed by atoms with van der Waals surface area (Å²) in [6.07, 6.45) is 3.67. The van der Waals surface area contributed by atoms with Crippen LogP contribution < -0.4 is 9.62 Å². The molecule has 0 saturated carbocycles. The average Bonchev–Trinajstić information content (AvgIpc) is 2.82. The van der Waals surface area contributed by atoms with E-state index in [1.54, 1.807) is 18.2 Å². The number of hydrogen-bond acceptors (Lipinski definition) is 4. The molecule has 10 heteroatoms. The van der Waals surface area contributed by atoms with Gasteiger partial charge in [-0.15, -0.1) is 0 Å². The Morgan fingerprint density at radius 3 is 2.13 bits per heavy atom. The van der Waals surface area contributed by atoms with Crippen molar-refractivity contribution in [1.82, 2.24) is 10.2 Å². The Balaban J connectivity index is 2.28. The van der Waals surface area contributed by atoms with Gasteiger partial charge in [0.25, 0.3) is 0 Å². The summed E-state index contributed by atoms with van der Waals surface area (Å²) in [6, 6.07) is 10.0. The van der Waals surface area contributed by atoms with E-state index in [-0.39, 0.29) is 37.7 Å². The number of unbranched alkanes of at least 4 members (excludes halogenated alkanes) is 1. The van der Waals surface area contributed by atoms with Crippen molar-refractivity contribution in [3.8, 4) is 0 Å².